The van der Waals surface area contributed by atoms with Crippen molar-refractivity contribution in [2.45, 2.75) is 27.0 Å². The summed E-state index contributed by atoms with van der Waals surface area (Å²) in [7, 11) is 2.03. The molecule has 6 heteroatoms. The van der Waals surface area contributed by atoms with E-state index in [1.54, 1.807) is 0 Å². The highest BCUT2D eigenvalue weighted by Gasteiger charge is 2.27. The Bertz CT molecular complexity index is 1040. The minimum absolute atomic E-state index is 0.243. The molecular formula is C28H35N3O3. The second-order valence-corrected chi connectivity index (χ2v) is 8.86. The van der Waals surface area contributed by atoms with Gasteiger partial charge in [0.1, 0.15) is 18.2 Å². The maximum Gasteiger partial charge on any atom is 0.341 e. The average molecular weight is 462 g/mol. The third-order valence-electron chi connectivity index (χ3n) is 6.42. The van der Waals surface area contributed by atoms with E-state index in [9.17, 15) is 4.79 Å². The van der Waals surface area contributed by atoms with Gasteiger partial charge in [-0.1, -0.05) is 42.5 Å². The van der Waals surface area contributed by atoms with Crippen LogP contribution in [0.5, 0.6) is 5.75 Å². The zero-order valence-corrected chi connectivity index (χ0v) is 20.5. The van der Waals surface area contributed by atoms with Crippen molar-refractivity contribution in [3.05, 3.63) is 88.8 Å². The predicted molar refractivity (Wildman–Crippen MR) is 134 cm³/mol. The molecule has 0 aromatic heterocycles. The number of ether oxygens (including phenoxy) is 2. The summed E-state index contributed by atoms with van der Waals surface area (Å²) in [5.41, 5.74) is 4.40. The molecule has 180 valence electrons. The molecule has 0 saturated carbocycles. The lowest BCUT2D eigenvalue weighted by atomic mass is 10.1. The largest absolute Gasteiger partial charge is 0.489 e. The molecular weight excluding hydrogens is 426 g/mol. The normalized spacial score (nSPS) is 16.7. The number of benzene rings is 2. The average Bonchev–Trinajstić information content (AvgIpc) is 2.85. The Morgan fingerprint density at radius 3 is 2.44 bits per heavy atom. The molecule has 2 heterocycles. The number of likely N-dealkylation sites (N-methyl/N-ethyl adjacent to an activating group) is 1. The van der Waals surface area contributed by atoms with E-state index in [1.807, 2.05) is 38.3 Å². The number of hydrogen-bond acceptors (Lipinski definition) is 6. The topological polar surface area (TPSA) is 45.3 Å². The Morgan fingerprint density at radius 1 is 1.00 bits per heavy atom. The van der Waals surface area contributed by atoms with Crippen molar-refractivity contribution >= 4 is 5.97 Å². The number of hydrogen-bond donors (Lipinski definition) is 0. The van der Waals surface area contributed by atoms with Gasteiger partial charge in [0, 0.05) is 46.3 Å². The van der Waals surface area contributed by atoms with E-state index in [2.05, 4.69) is 58.0 Å². The molecule has 2 aliphatic rings. The molecule has 4 rings (SSSR count). The van der Waals surface area contributed by atoms with Crippen molar-refractivity contribution in [2.75, 3.05) is 46.4 Å². The number of esters is 1. The summed E-state index contributed by atoms with van der Waals surface area (Å²) in [5, 5.41) is 0. The second kappa shape index (κ2) is 11.3. The van der Waals surface area contributed by atoms with Gasteiger partial charge in [0.15, 0.2) is 0 Å². The molecule has 0 N–H and O–H groups in total. The van der Waals surface area contributed by atoms with E-state index >= 15 is 0 Å². The Morgan fingerprint density at radius 2 is 1.74 bits per heavy atom. The lowest BCUT2D eigenvalue weighted by Crippen LogP contribution is -2.49. The highest BCUT2D eigenvalue weighted by molar-refractivity contribution is 5.92. The van der Waals surface area contributed by atoms with Crippen molar-refractivity contribution in [2.24, 2.45) is 0 Å². The predicted octanol–water partition coefficient (Wildman–Crippen LogP) is 3.97. The fourth-order valence-electron chi connectivity index (χ4n) is 4.48. The van der Waals surface area contributed by atoms with E-state index in [-0.39, 0.29) is 5.97 Å². The lowest BCUT2D eigenvalue weighted by molar-refractivity contribution is -0.138. The van der Waals surface area contributed by atoms with Crippen LogP contribution in [-0.2, 0) is 22.7 Å². The first-order valence-electron chi connectivity index (χ1n) is 12.1. The van der Waals surface area contributed by atoms with Gasteiger partial charge in [-0.25, -0.2) is 4.79 Å². The monoisotopic (exact) mass is 461 g/mol. The number of aryl methyl sites for hydroxylation is 1. The smallest absolute Gasteiger partial charge is 0.341 e. The summed E-state index contributed by atoms with van der Waals surface area (Å²) >= 11 is 0. The molecule has 0 atom stereocenters. The van der Waals surface area contributed by atoms with E-state index in [1.165, 1.54) is 16.7 Å². The van der Waals surface area contributed by atoms with Crippen molar-refractivity contribution in [3.63, 3.8) is 0 Å². The van der Waals surface area contributed by atoms with Gasteiger partial charge in [0.25, 0.3) is 0 Å². The molecule has 0 radical (unpaired) electrons. The van der Waals surface area contributed by atoms with E-state index in [0.29, 0.717) is 18.8 Å². The summed E-state index contributed by atoms with van der Waals surface area (Å²) in [6.45, 7) is 10.3. The highest BCUT2D eigenvalue weighted by atomic mass is 16.5. The summed E-state index contributed by atoms with van der Waals surface area (Å²) in [5.74, 6) is 1.63. The van der Waals surface area contributed by atoms with Gasteiger partial charge in [0.2, 0.25) is 0 Å². The van der Waals surface area contributed by atoms with Gasteiger partial charge in [-0.15, -0.1) is 0 Å². The third kappa shape index (κ3) is 5.81. The minimum atomic E-state index is -0.243. The van der Waals surface area contributed by atoms with Crippen LogP contribution in [0.1, 0.15) is 23.6 Å². The molecule has 1 fully saturated rings. The molecule has 0 spiro atoms. The number of nitrogens with zero attached hydrogens (tertiary/aromatic N) is 3. The zero-order valence-electron chi connectivity index (χ0n) is 20.5. The first-order chi connectivity index (χ1) is 16.5. The molecule has 6 nitrogen and oxygen atoms in total. The summed E-state index contributed by atoms with van der Waals surface area (Å²) in [6.07, 6.45) is 3.92. The van der Waals surface area contributed by atoms with Crippen LogP contribution in [0.2, 0.25) is 0 Å². The summed E-state index contributed by atoms with van der Waals surface area (Å²) in [4.78, 5) is 19.4. The summed E-state index contributed by atoms with van der Waals surface area (Å²) in [6, 6.07) is 16.7. The quantitative estimate of drug-likeness (QED) is 0.555. The lowest BCUT2D eigenvalue weighted by Gasteiger charge is -2.41. The molecule has 2 aromatic carbocycles. The van der Waals surface area contributed by atoms with E-state index < -0.39 is 0 Å². The maximum atomic E-state index is 12.5. The third-order valence-corrected chi connectivity index (χ3v) is 6.42. The van der Waals surface area contributed by atoms with Crippen LogP contribution < -0.4 is 4.74 Å². The van der Waals surface area contributed by atoms with Crippen molar-refractivity contribution in [1.29, 1.82) is 0 Å². The molecule has 0 unspecified atom stereocenters. The van der Waals surface area contributed by atoms with E-state index in [4.69, 9.17) is 9.47 Å². The van der Waals surface area contributed by atoms with Crippen molar-refractivity contribution < 1.29 is 14.3 Å². The fourth-order valence-corrected chi connectivity index (χ4v) is 4.48. The van der Waals surface area contributed by atoms with Crippen LogP contribution in [0.3, 0.4) is 0 Å². The number of rotatable bonds is 8. The fraction of sp³-hybridized carbons (Fsp3) is 0.393. The number of carbonyl (C=O) groups excluding carboxylic acids is 1. The van der Waals surface area contributed by atoms with E-state index in [0.717, 1.165) is 50.8 Å². The van der Waals surface area contributed by atoms with Crippen LogP contribution in [0.15, 0.2) is 72.1 Å². The Labute approximate surface area is 203 Å². The van der Waals surface area contributed by atoms with Gasteiger partial charge in [-0.3, -0.25) is 4.90 Å². The summed E-state index contributed by atoms with van der Waals surface area (Å²) < 4.78 is 11.3. The van der Waals surface area contributed by atoms with Crippen LogP contribution in [-0.4, -0.2) is 67.0 Å². The first-order valence-corrected chi connectivity index (χ1v) is 12.1. The number of carbonyl (C=O) groups is 1. The Hall–Kier alpha value is -3.25. The van der Waals surface area contributed by atoms with Crippen LogP contribution in [0, 0.1) is 6.92 Å². The van der Waals surface area contributed by atoms with Crippen molar-refractivity contribution in [3.8, 4) is 5.75 Å². The molecule has 0 bridgehead atoms. The second-order valence-electron chi connectivity index (χ2n) is 8.86. The van der Waals surface area contributed by atoms with Gasteiger partial charge in [0.05, 0.1) is 12.2 Å². The standard InChI is InChI=1S/C28H35N3O3/c1-4-33-28(32)26-10-7-15-29(3)27(26)31-18-16-30(17-19-31)20-23-11-13-25(14-12-23)34-21-24-9-6-5-8-22(24)2/h5-14H,4,15-21H2,1-3H3. The van der Waals surface area contributed by atoms with Gasteiger partial charge >= 0.3 is 5.97 Å². The Kier molecular flexibility index (Phi) is 7.91. The van der Waals surface area contributed by atoms with Crippen LogP contribution in [0.25, 0.3) is 0 Å². The SMILES string of the molecule is CCOC(=O)C1=C(N2CCN(Cc3ccc(OCc4ccccc4C)cc3)CC2)N(C)CC=C1. The Balaban J connectivity index is 1.31. The van der Waals surface area contributed by atoms with Crippen LogP contribution >= 0.6 is 0 Å². The van der Waals surface area contributed by atoms with Crippen molar-refractivity contribution in [1.82, 2.24) is 14.7 Å². The molecule has 34 heavy (non-hydrogen) atoms. The van der Waals surface area contributed by atoms with Gasteiger partial charge in [-0.05, 0) is 48.7 Å². The minimum Gasteiger partial charge on any atom is -0.489 e. The van der Waals surface area contributed by atoms with Gasteiger partial charge in [-0.2, -0.15) is 0 Å². The van der Waals surface area contributed by atoms with Crippen LogP contribution in [0.4, 0.5) is 0 Å². The number of piperazine rings is 1. The van der Waals surface area contributed by atoms with Gasteiger partial charge < -0.3 is 19.3 Å². The molecule has 2 aromatic rings. The molecule has 2 aliphatic heterocycles. The maximum absolute atomic E-state index is 12.5. The highest BCUT2D eigenvalue weighted by Crippen LogP contribution is 2.23. The molecule has 1 saturated heterocycles. The molecule has 0 amide bonds. The zero-order chi connectivity index (χ0) is 23.9. The molecule has 0 aliphatic carbocycles. The first kappa shape index (κ1) is 23.9.